The third kappa shape index (κ3) is 2.76. The standard InChI is InChI=1S/C12H11BrFN3O/c1-17-5-4-15-11(17)7-16-12(18)8-2-3-10(14)9(13)6-8/h2-6H,7H2,1H3,(H,16,18). The number of benzene rings is 1. The van der Waals surface area contributed by atoms with Gasteiger partial charge in [0, 0.05) is 25.0 Å². The Morgan fingerprint density at radius 1 is 1.56 bits per heavy atom. The van der Waals surface area contributed by atoms with Crippen molar-refractivity contribution < 1.29 is 9.18 Å². The van der Waals surface area contributed by atoms with E-state index in [1.165, 1.54) is 18.2 Å². The van der Waals surface area contributed by atoms with Crippen LogP contribution in [-0.4, -0.2) is 15.5 Å². The van der Waals surface area contributed by atoms with E-state index in [0.717, 1.165) is 5.82 Å². The molecule has 2 aromatic rings. The minimum Gasteiger partial charge on any atom is -0.345 e. The van der Waals surface area contributed by atoms with Gasteiger partial charge in [-0.1, -0.05) is 0 Å². The molecule has 0 saturated heterocycles. The summed E-state index contributed by atoms with van der Waals surface area (Å²) in [7, 11) is 1.85. The van der Waals surface area contributed by atoms with Crippen LogP contribution in [-0.2, 0) is 13.6 Å². The molecule has 0 aliphatic carbocycles. The van der Waals surface area contributed by atoms with E-state index in [1.54, 1.807) is 12.4 Å². The molecule has 1 N–H and O–H groups in total. The lowest BCUT2D eigenvalue weighted by atomic mass is 10.2. The van der Waals surface area contributed by atoms with Crippen molar-refractivity contribution in [3.8, 4) is 0 Å². The number of halogens is 2. The molecule has 1 heterocycles. The zero-order valence-corrected chi connectivity index (χ0v) is 11.2. The number of nitrogens with zero attached hydrogens (tertiary/aromatic N) is 2. The first-order valence-electron chi connectivity index (χ1n) is 5.27. The minimum atomic E-state index is -0.393. The van der Waals surface area contributed by atoms with E-state index in [2.05, 4.69) is 26.2 Å². The summed E-state index contributed by atoms with van der Waals surface area (Å²) in [4.78, 5) is 15.9. The largest absolute Gasteiger partial charge is 0.345 e. The summed E-state index contributed by atoms with van der Waals surface area (Å²) in [5.74, 6) is 0.0962. The number of imidazole rings is 1. The highest BCUT2D eigenvalue weighted by Gasteiger charge is 2.09. The SMILES string of the molecule is Cn1ccnc1CNC(=O)c1ccc(F)c(Br)c1. The number of hydrogen-bond donors (Lipinski definition) is 1. The summed E-state index contributed by atoms with van der Waals surface area (Å²) >= 11 is 3.04. The second kappa shape index (κ2) is 5.30. The van der Waals surface area contributed by atoms with Gasteiger partial charge in [-0.15, -0.1) is 0 Å². The van der Waals surface area contributed by atoms with Gasteiger partial charge < -0.3 is 9.88 Å². The summed E-state index contributed by atoms with van der Waals surface area (Å²) in [6, 6.07) is 4.14. The maximum absolute atomic E-state index is 13.0. The summed E-state index contributed by atoms with van der Waals surface area (Å²) in [5, 5.41) is 2.72. The summed E-state index contributed by atoms with van der Waals surface area (Å²) in [6.07, 6.45) is 3.46. The van der Waals surface area contributed by atoms with Crippen molar-refractivity contribution >= 4 is 21.8 Å². The van der Waals surface area contributed by atoms with Crippen LogP contribution >= 0.6 is 15.9 Å². The van der Waals surface area contributed by atoms with Crippen LogP contribution in [0.4, 0.5) is 4.39 Å². The molecule has 0 bridgehead atoms. The van der Waals surface area contributed by atoms with Crippen LogP contribution < -0.4 is 5.32 Å². The van der Waals surface area contributed by atoms with E-state index in [1.807, 2.05) is 11.6 Å². The van der Waals surface area contributed by atoms with Gasteiger partial charge in [0.25, 0.3) is 5.91 Å². The van der Waals surface area contributed by atoms with Gasteiger partial charge in [0.1, 0.15) is 11.6 Å². The summed E-state index contributed by atoms with van der Waals surface area (Å²) in [5.41, 5.74) is 0.400. The Morgan fingerprint density at radius 2 is 2.33 bits per heavy atom. The van der Waals surface area contributed by atoms with Gasteiger partial charge >= 0.3 is 0 Å². The number of aromatic nitrogens is 2. The number of nitrogens with one attached hydrogen (secondary N) is 1. The molecule has 0 radical (unpaired) electrons. The predicted molar refractivity (Wildman–Crippen MR) is 68.5 cm³/mol. The predicted octanol–water partition coefficient (Wildman–Crippen LogP) is 2.25. The van der Waals surface area contributed by atoms with Crippen molar-refractivity contribution in [2.45, 2.75) is 6.54 Å². The third-order valence-corrected chi connectivity index (χ3v) is 3.12. The zero-order chi connectivity index (χ0) is 13.1. The molecule has 0 unspecified atom stereocenters. The van der Waals surface area contributed by atoms with E-state index >= 15 is 0 Å². The fraction of sp³-hybridized carbons (Fsp3) is 0.167. The molecule has 1 amide bonds. The number of carbonyl (C=O) groups is 1. The van der Waals surface area contributed by atoms with Crippen LogP contribution in [0.1, 0.15) is 16.2 Å². The van der Waals surface area contributed by atoms with Crippen LogP contribution in [0.25, 0.3) is 0 Å². The molecule has 4 nitrogen and oxygen atoms in total. The van der Waals surface area contributed by atoms with Crippen molar-refractivity contribution in [2.75, 3.05) is 0 Å². The molecule has 1 aromatic carbocycles. The first-order valence-corrected chi connectivity index (χ1v) is 6.06. The average molecular weight is 312 g/mol. The molecule has 0 aliphatic heterocycles. The zero-order valence-electron chi connectivity index (χ0n) is 9.65. The lowest BCUT2D eigenvalue weighted by Gasteiger charge is -2.06. The summed E-state index contributed by atoms with van der Waals surface area (Å²) in [6.45, 7) is 0.331. The van der Waals surface area contributed by atoms with Crippen molar-refractivity contribution in [2.24, 2.45) is 7.05 Å². The van der Waals surface area contributed by atoms with E-state index in [0.29, 0.717) is 12.1 Å². The molecular formula is C12H11BrFN3O. The van der Waals surface area contributed by atoms with Crippen molar-refractivity contribution in [1.82, 2.24) is 14.9 Å². The highest BCUT2D eigenvalue weighted by molar-refractivity contribution is 9.10. The van der Waals surface area contributed by atoms with Gasteiger partial charge in [0.05, 0.1) is 11.0 Å². The highest BCUT2D eigenvalue weighted by Crippen LogP contribution is 2.16. The number of carbonyl (C=O) groups excluding carboxylic acids is 1. The van der Waals surface area contributed by atoms with E-state index in [-0.39, 0.29) is 10.4 Å². The Bertz CT molecular complexity index is 582. The maximum atomic E-state index is 13.0. The van der Waals surface area contributed by atoms with Gasteiger partial charge in [-0.3, -0.25) is 4.79 Å². The van der Waals surface area contributed by atoms with Gasteiger partial charge in [0.15, 0.2) is 0 Å². The molecule has 94 valence electrons. The van der Waals surface area contributed by atoms with Crippen LogP contribution in [0.15, 0.2) is 35.1 Å². The Morgan fingerprint density at radius 3 is 2.94 bits per heavy atom. The Balaban J connectivity index is 2.04. The minimum absolute atomic E-state index is 0.265. The van der Waals surface area contributed by atoms with Crippen molar-refractivity contribution in [1.29, 1.82) is 0 Å². The Kier molecular flexibility index (Phi) is 3.76. The second-order valence-corrected chi connectivity index (χ2v) is 4.62. The number of rotatable bonds is 3. The first kappa shape index (κ1) is 12.8. The lowest BCUT2D eigenvalue weighted by molar-refractivity contribution is 0.0949. The van der Waals surface area contributed by atoms with Crippen molar-refractivity contribution in [3.05, 3.63) is 52.3 Å². The fourth-order valence-electron chi connectivity index (χ4n) is 1.47. The molecular weight excluding hydrogens is 301 g/mol. The molecule has 6 heteroatoms. The van der Waals surface area contributed by atoms with Crippen LogP contribution in [0.3, 0.4) is 0 Å². The molecule has 18 heavy (non-hydrogen) atoms. The fourth-order valence-corrected chi connectivity index (χ4v) is 1.84. The van der Waals surface area contributed by atoms with E-state index in [9.17, 15) is 9.18 Å². The average Bonchev–Trinajstić information content (AvgIpc) is 2.75. The lowest BCUT2D eigenvalue weighted by Crippen LogP contribution is -2.24. The van der Waals surface area contributed by atoms with E-state index < -0.39 is 5.82 Å². The van der Waals surface area contributed by atoms with E-state index in [4.69, 9.17) is 0 Å². The molecule has 0 aliphatic rings. The van der Waals surface area contributed by atoms with Crippen LogP contribution in [0.2, 0.25) is 0 Å². The first-order chi connectivity index (χ1) is 8.58. The summed E-state index contributed by atoms with van der Waals surface area (Å²) < 4.78 is 15.1. The molecule has 0 fully saturated rings. The van der Waals surface area contributed by atoms with Gasteiger partial charge in [-0.05, 0) is 34.1 Å². The smallest absolute Gasteiger partial charge is 0.251 e. The number of amides is 1. The monoisotopic (exact) mass is 311 g/mol. The van der Waals surface area contributed by atoms with Gasteiger partial charge in [-0.2, -0.15) is 0 Å². The Hall–Kier alpha value is -1.69. The molecule has 1 aromatic heterocycles. The highest BCUT2D eigenvalue weighted by atomic mass is 79.9. The van der Waals surface area contributed by atoms with Crippen LogP contribution in [0, 0.1) is 5.82 Å². The van der Waals surface area contributed by atoms with Gasteiger partial charge in [-0.25, -0.2) is 9.37 Å². The molecule has 0 spiro atoms. The molecule has 0 saturated carbocycles. The maximum Gasteiger partial charge on any atom is 0.251 e. The second-order valence-electron chi connectivity index (χ2n) is 3.77. The Labute approximate surface area is 112 Å². The van der Waals surface area contributed by atoms with Gasteiger partial charge in [0.2, 0.25) is 0 Å². The molecule has 0 atom stereocenters. The quantitative estimate of drug-likeness (QED) is 0.945. The number of hydrogen-bond acceptors (Lipinski definition) is 2. The number of aryl methyl sites for hydroxylation is 1. The third-order valence-electron chi connectivity index (χ3n) is 2.51. The van der Waals surface area contributed by atoms with Crippen molar-refractivity contribution in [3.63, 3.8) is 0 Å². The topological polar surface area (TPSA) is 46.9 Å². The molecule has 2 rings (SSSR count). The van der Waals surface area contributed by atoms with Crippen LogP contribution in [0.5, 0.6) is 0 Å². The normalized spacial score (nSPS) is 10.4.